The number of hydrogen-bond donors (Lipinski definition) is 1. The van der Waals surface area contributed by atoms with Crippen LogP contribution in [0.5, 0.6) is 0 Å². The van der Waals surface area contributed by atoms with Crippen LogP contribution < -0.4 is 4.90 Å². The maximum absolute atomic E-state index is 11.2. The first kappa shape index (κ1) is 19.2. The molecule has 1 fully saturated rings. The molecule has 29 heavy (non-hydrogen) atoms. The van der Waals surface area contributed by atoms with Crippen LogP contribution in [-0.2, 0) is 0 Å². The fourth-order valence-corrected chi connectivity index (χ4v) is 4.18. The van der Waals surface area contributed by atoms with Crippen molar-refractivity contribution in [1.29, 1.82) is 0 Å². The molecule has 6 nitrogen and oxygen atoms in total. The molecular weight excluding hydrogens is 364 g/mol. The highest BCUT2D eigenvalue weighted by Crippen LogP contribution is 2.29. The minimum absolute atomic E-state index is 0.0991. The van der Waals surface area contributed by atoms with E-state index in [9.17, 15) is 9.90 Å². The number of benzene rings is 2. The Labute approximate surface area is 170 Å². The Morgan fingerprint density at radius 1 is 0.966 bits per heavy atom. The molecule has 1 aliphatic rings. The summed E-state index contributed by atoms with van der Waals surface area (Å²) in [6, 6.07) is 17.1. The lowest BCUT2D eigenvalue weighted by molar-refractivity contribution is 0.124. The van der Waals surface area contributed by atoms with Crippen molar-refractivity contribution in [3.63, 3.8) is 0 Å². The lowest BCUT2D eigenvalue weighted by Crippen LogP contribution is -2.43. The summed E-state index contributed by atoms with van der Waals surface area (Å²) in [6.45, 7) is 0. The summed E-state index contributed by atoms with van der Waals surface area (Å²) in [7, 11) is 3.69. The summed E-state index contributed by atoms with van der Waals surface area (Å²) in [4.78, 5) is 24.1. The number of amides is 1. The third-order valence-electron chi connectivity index (χ3n) is 6.07. The largest absolute Gasteiger partial charge is 0.465 e. The zero-order valence-electron chi connectivity index (χ0n) is 16.8. The summed E-state index contributed by atoms with van der Waals surface area (Å²) in [5.74, 6) is 0.714. The third-order valence-corrected chi connectivity index (χ3v) is 6.07. The van der Waals surface area contributed by atoms with Gasteiger partial charge in [0.2, 0.25) is 5.95 Å². The zero-order chi connectivity index (χ0) is 20.4. The Bertz CT molecular complexity index is 1010. The van der Waals surface area contributed by atoms with E-state index < -0.39 is 6.09 Å². The molecule has 0 aliphatic heterocycles. The summed E-state index contributed by atoms with van der Waals surface area (Å²) >= 11 is 0. The minimum Gasteiger partial charge on any atom is -0.465 e. The minimum atomic E-state index is -0.853. The number of rotatable bonds is 4. The number of carbonyl (C=O) groups is 1. The third kappa shape index (κ3) is 4.01. The van der Waals surface area contributed by atoms with Crippen molar-refractivity contribution in [2.75, 3.05) is 19.0 Å². The van der Waals surface area contributed by atoms with Crippen molar-refractivity contribution >= 4 is 22.8 Å². The van der Waals surface area contributed by atoms with Gasteiger partial charge in [-0.15, -0.1) is 0 Å². The number of aromatic nitrogens is 2. The van der Waals surface area contributed by atoms with Crippen molar-refractivity contribution < 1.29 is 9.90 Å². The van der Waals surface area contributed by atoms with Gasteiger partial charge in [-0.2, -0.15) is 0 Å². The summed E-state index contributed by atoms with van der Waals surface area (Å²) in [6.07, 6.45) is 4.55. The van der Waals surface area contributed by atoms with Crippen LogP contribution in [0.4, 0.5) is 10.7 Å². The highest BCUT2D eigenvalue weighted by atomic mass is 16.4. The van der Waals surface area contributed by atoms with Gasteiger partial charge in [-0.3, -0.25) is 0 Å². The van der Waals surface area contributed by atoms with Crippen molar-refractivity contribution in [3.05, 3.63) is 54.7 Å². The van der Waals surface area contributed by atoms with Crippen molar-refractivity contribution in [2.24, 2.45) is 0 Å². The number of nitrogens with zero attached hydrogens (tertiary/aromatic N) is 4. The monoisotopic (exact) mass is 390 g/mol. The Kier molecular flexibility index (Phi) is 5.34. The van der Waals surface area contributed by atoms with E-state index in [0.29, 0.717) is 12.0 Å². The van der Waals surface area contributed by atoms with Crippen LogP contribution in [0.25, 0.3) is 22.0 Å². The molecule has 1 N–H and O–H groups in total. The van der Waals surface area contributed by atoms with E-state index in [1.165, 1.54) is 15.7 Å². The van der Waals surface area contributed by atoms with Gasteiger partial charge in [-0.25, -0.2) is 14.8 Å². The molecule has 0 unspecified atom stereocenters. The Morgan fingerprint density at radius 3 is 2.38 bits per heavy atom. The predicted octanol–water partition coefficient (Wildman–Crippen LogP) is 4.65. The Balaban J connectivity index is 1.50. The van der Waals surface area contributed by atoms with E-state index >= 15 is 0 Å². The maximum Gasteiger partial charge on any atom is 0.407 e. The molecule has 1 saturated carbocycles. The quantitative estimate of drug-likeness (QED) is 0.702. The van der Waals surface area contributed by atoms with Gasteiger partial charge in [0, 0.05) is 37.9 Å². The normalized spacial score (nSPS) is 19.1. The van der Waals surface area contributed by atoms with Gasteiger partial charge in [0.1, 0.15) is 0 Å². The van der Waals surface area contributed by atoms with E-state index in [-0.39, 0.29) is 6.04 Å². The number of anilines is 1. The molecule has 2 aromatic carbocycles. The van der Waals surface area contributed by atoms with E-state index in [4.69, 9.17) is 4.98 Å². The standard InChI is InChI=1S/C23H26N4O2/c1-26(19-9-11-20(12-10-19)27(2)23(28)29)22-24-14-13-21(25-22)18-8-7-16-5-3-4-6-17(16)15-18/h3-8,13-15,19-20H,9-12H2,1-2H3,(H,28,29)/t19-,20-. The second kappa shape index (κ2) is 8.07. The lowest BCUT2D eigenvalue weighted by Gasteiger charge is -2.37. The molecule has 0 radical (unpaired) electrons. The molecule has 0 spiro atoms. The molecule has 150 valence electrons. The average molecular weight is 390 g/mol. The van der Waals surface area contributed by atoms with Crippen molar-refractivity contribution in [3.8, 4) is 11.3 Å². The van der Waals surface area contributed by atoms with E-state index in [1.807, 2.05) is 31.4 Å². The number of fused-ring (bicyclic) bond motifs is 1. The second-order valence-electron chi connectivity index (χ2n) is 7.77. The van der Waals surface area contributed by atoms with Crippen LogP contribution in [0.2, 0.25) is 0 Å². The van der Waals surface area contributed by atoms with E-state index in [1.54, 1.807) is 7.05 Å². The maximum atomic E-state index is 11.2. The van der Waals surface area contributed by atoms with Gasteiger partial charge < -0.3 is 14.9 Å². The van der Waals surface area contributed by atoms with Crippen LogP contribution >= 0.6 is 0 Å². The van der Waals surface area contributed by atoms with Gasteiger partial charge in [-0.1, -0.05) is 36.4 Å². The van der Waals surface area contributed by atoms with Crippen LogP contribution in [0.1, 0.15) is 25.7 Å². The van der Waals surface area contributed by atoms with Gasteiger partial charge in [0.05, 0.1) is 5.69 Å². The first-order valence-corrected chi connectivity index (χ1v) is 10.0. The van der Waals surface area contributed by atoms with E-state index in [2.05, 4.69) is 40.2 Å². The van der Waals surface area contributed by atoms with Gasteiger partial charge in [0.15, 0.2) is 0 Å². The first-order valence-electron chi connectivity index (χ1n) is 10.0. The highest BCUT2D eigenvalue weighted by molar-refractivity contribution is 5.86. The molecular formula is C23H26N4O2. The second-order valence-corrected chi connectivity index (χ2v) is 7.77. The Morgan fingerprint density at radius 2 is 1.66 bits per heavy atom. The SMILES string of the molecule is CN(C(=O)O)[C@H]1CC[C@H](N(C)c2nccc(-c3ccc4ccccc4c3)n2)CC1. The summed E-state index contributed by atoms with van der Waals surface area (Å²) < 4.78 is 0. The molecule has 1 heterocycles. The zero-order valence-corrected chi connectivity index (χ0v) is 16.8. The predicted molar refractivity (Wildman–Crippen MR) is 115 cm³/mol. The lowest BCUT2D eigenvalue weighted by atomic mass is 9.90. The molecule has 1 aromatic heterocycles. The summed E-state index contributed by atoms with van der Waals surface area (Å²) in [5.41, 5.74) is 1.99. The van der Waals surface area contributed by atoms with Crippen LogP contribution in [0.3, 0.4) is 0 Å². The summed E-state index contributed by atoms with van der Waals surface area (Å²) in [5, 5.41) is 11.6. The van der Waals surface area contributed by atoms with Crippen LogP contribution in [0, 0.1) is 0 Å². The molecule has 4 rings (SSSR count). The fraction of sp³-hybridized carbons (Fsp3) is 0.348. The molecule has 6 heteroatoms. The smallest absolute Gasteiger partial charge is 0.407 e. The Hall–Kier alpha value is -3.15. The molecule has 1 aliphatic carbocycles. The first-order chi connectivity index (χ1) is 14.0. The van der Waals surface area contributed by atoms with Gasteiger partial charge in [-0.05, 0) is 48.6 Å². The molecule has 0 saturated heterocycles. The molecule has 0 atom stereocenters. The van der Waals surface area contributed by atoms with Crippen molar-refractivity contribution in [2.45, 2.75) is 37.8 Å². The average Bonchev–Trinajstić information content (AvgIpc) is 2.78. The van der Waals surface area contributed by atoms with Crippen molar-refractivity contribution in [1.82, 2.24) is 14.9 Å². The molecule has 0 bridgehead atoms. The fourth-order valence-electron chi connectivity index (χ4n) is 4.18. The van der Waals surface area contributed by atoms with Gasteiger partial charge >= 0.3 is 6.09 Å². The number of carboxylic acid groups (broad SMARTS) is 1. The topological polar surface area (TPSA) is 69.6 Å². The van der Waals surface area contributed by atoms with Crippen LogP contribution in [-0.4, -0.2) is 52.2 Å². The number of hydrogen-bond acceptors (Lipinski definition) is 4. The highest BCUT2D eigenvalue weighted by Gasteiger charge is 2.29. The van der Waals surface area contributed by atoms with E-state index in [0.717, 1.165) is 36.9 Å². The molecule has 3 aromatic rings. The molecule has 1 amide bonds. The van der Waals surface area contributed by atoms with Gasteiger partial charge in [0.25, 0.3) is 0 Å². The van der Waals surface area contributed by atoms with Crippen LogP contribution in [0.15, 0.2) is 54.7 Å².